The SMILES string of the molecule is CCCCCCCOc1ccc(C(=O)Oc2ccc(C[C@H](NC(=O)c3ccc(NC(=O)Cc4cc(F)ccc4Cl)cc3)C(C)=O)cc2)cc1. The summed E-state index contributed by atoms with van der Waals surface area (Å²) < 4.78 is 24.8. The normalized spacial score (nSPS) is 11.3. The van der Waals surface area contributed by atoms with Gasteiger partial charge in [-0.25, -0.2) is 9.18 Å². The van der Waals surface area contributed by atoms with Crippen LogP contribution in [0.3, 0.4) is 0 Å². The van der Waals surface area contributed by atoms with E-state index in [4.69, 9.17) is 21.1 Å². The van der Waals surface area contributed by atoms with Crippen LogP contribution in [0.5, 0.6) is 11.5 Å². The first kappa shape index (κ1) is 36.8. The molecular formula is C39H40ClFN2O6. The van der Waals surface area contributed by atoms with Gasteiger partial charge < -0.3 is 20.1 Å². The van der Waals surface area contributed by atoms with E-state index in [9.17, 15) is 23.6 Å². The zero-order chi connectivity index (χ0) is 35.2. The Hall–Kier alpha value is -5.02. The standard InChI is InChI=1S/C39H40ClFN2O6/c1-3-4-5-6-7-22-48-33-19-12-29(13-20-33)39(47)49-34-17-8-27(9-18-34)23-36(26(2)44)43-38(46)28-10-15-32(16-11-28)42-37(45)25-30-24-31(41)14-21-35(30)40/h8-21,24,36H,3-7,22-23,25H2,1-2H3,(H,42,45)(H,43,46)/t36-/m0/s1. The molecule has 0 aliphatic heterocycles. The number of anilines is 1. The molecule has 0 unspecified atom stereocenters. The number of halogens is 2. The number of carbonyl (C=O) groups is 4. The van der Waals surface area contributed by atoms with Crippen LogP contribution in [-0.2, 0) is 22.4 Å². The van der Waals surface area contributed by atoms with Crippen LogP contribution in [0.2, 0.25) is 5.02 Å². The summed E-state index contributed by atoms with van der Waals surface area (Å²) in [6.45, 7) is 4.22. The molecule has 0 aromatic heterocycles. The van der Waals surface area contributed by atoms with Crippen molar-refractivity contribution in [3.8, 4) is 11.5 Å². The summed E-state index contributed by atoms with van der Waals surface area (Å²) in [4.78, 5) is 50.5. The van der Waals surface area contributed by atoms with Crippen molar-refractivity contribution >= 4 is 40.9 Å². The van der Waals surface area contributed by atoms with Gasteiger partial charge in [0.25, 0.3) is 5.91 Å². The van der Waals surface area contributed by atoms with Crippen LogP contribution in [0.4, 0.5) is 10.1 Å². The summed E-state index contributed by atoms with van der Waals surface area (Å²) in [7, 11) is 0. The van der Waals surface area contributed by atoms with Crippen LogP contribution in [0.15, 0.2) is 91.0 Å². The molecule has 0 heterocycles. The Bertz CT molecular complexity index is 1730. The maximum Gasteiger partial charge on any atom is 0.343 e. The predicted molar refractivity (Wildman–Crippen MR) is 188 cm³/mol. The number of rotatable bonds is 17. The maximum absolute atomic E-state index is 13.5. The molecule has 0 bridgehead atoms. The van der Waals surface area contributed by atoms with E-state index in [-0.39, 0.29) is 23.6 Å². The van der Waals surface area contributed by atoms with Crippen molar-refractivity contribution in [2.75, 3.05) is 11.9 Å². The van der Waals surface area contributed by atoms with E-state index in [1.807, 2.05) is 0 Å². The molecule has 4 rings (SSSR count). The van der Waals surface area contributed by atoms with Crippen molar-refractivity contribution in [2.24, 2.45) is 0 Å². The van der Waals surface area contributed by atoms with Crippen LogP contribution < -0.4 is 20.1 Å². The first-order valence-electron chi connectivity index (χ1n) is 16.3. The van der Waals surface area contributed by atoms with E-state index < -0.39 is 29.6 Å². The van der Waals surface area contributed by atoms with Gasteiger partial charge in [-0.05, 0) is 110 Å². The number of Topliss-reactive ketones (excluding diaryl/α,β-unsaturated/α-hetero) is 1. The molecule has 4 aromatic carbocycles. The molecule has 0 aliphatic carbocycles. The number of carbonyl (C=O) groups excluding carboxylic acids is 4. The molecular weight excluding hydrogens is 647 g/mol. The summed E-state index contributed by atoms with van der Waals surface area (Å²) in [6.07, 6.45) is 5.88. The van der Waals surface area contributed by atoms with Crippen LogP contribution >= 0.6 is 11.6 Å². The number of benzene rings is 4. The molecule has 0 radical (unpaired) electrons. The van der Waals surface area contributed by atoms with Crippen molar-refractivity contribution in [3.05, 3.63) is 124 Å². The van der Waals surface area contributed by atoms with Gasteiger partial charge in [0.15, 0.2) is 5.78 Å². The molecule has 0 fully saturated rings. The largest absolute Gasteiger partial charge is 0.494 e. The van der Waals surface area contributed by atoms with Crippen molar-refractivity contribution in [2.45, 2.75) is 64.8 Å². The zero-order valence-corrected chi connectivity index (χ0v) is 28.4. The van der Waals surface area contributed by atoms with Gasteiger partial charge in [-0.3, -0.25) is 14.4 Å². The van der Waals surface area contributed by atoms with E-state index >= 15 is 0 Å². The van der Waals surface area contributed by atoms with E-state index in [1.54, 1.807) is 60.7 Å². The molecule has 0 saturated heterocycles. The topological polar surface area (TPSA) is 111 Å². The number of hydrogen-bond acceptors (Lipinski definition) is 6. The van der Waals surface area contributed by atoms with Gasteiger partial charge in [0, 0.05) is 16.3 Å². The Morgan fingerprint density at radius 3 is 2.12 bits per heavy atom. The summed E-state index contributed by atoms with van der Waals surface area (Å²) in [5.41, 5.74) is 2.24. The van der Waals surface area contributed by atoms with Gasteiger partial charge in [0.05, 0.1) is 24.6 Å². The molecule has 256 valence electrons. The quantitative estimate of drug-likeness (QED) is 0.0659. The Kier molecular flexibility index (Phi) is 13.9. The van der Waals surface area contributed by atoms with Crippen LogP contribution in [0, 0.1) is 5.82 Å². The molecule has 0 aliphatic rings. The molecule has 2 amide bonds. The van der Waals surface area contributed by atoms with E-state index in [0.717, 1.165) is 18.4 Å². The third-order valence-corrected chi connectivity index (χ3v) is 8.13. The second-order valence-electron chi connectivity index (χ2n) is 11.7. The van der Waals surface area contributed by atoms with Gasteiger partial charge >= 0.3 is 5.97 Å². The van der Waals surface area contributed by atoms with E-state index in [1.165, 1.54) is 56.5 Å². The van der Waals surface area contributed by atoms with Gasteiger partial charge in [0.2, 0.25) is 5.91 Å². The van der Waals surface area contributed by atoms with Crippen molar-refractivity contribution < 1.29 is 33.0 Å². The smallest absolute Gasteiger partial charge is 0.343 e. The summed E-state index contributed by atoms with van der Waals surface area (Å²) in [5.74, 6) is -1.04. The lowest BCUT2D eigenvalue weighted by atomic mass is 10.0. The number of hydrogen-bond donors (Lipinski definition) is 2. The van der Waals surface area contributed by atoms with Crippen molar-refractivity contribution in [1.82, 2.24) is 5.32 Å². The highest BCUT2D eigenvalue weighted by atomic mass is 35.5. The number of ketones is 1. The Labute approximate surface area is 291 Å². The predicted octanol–water partition coefficient (Wildman–Crippen LogP) is 8.16. The third kappa shape index (κ3) is 11.9. The Morgan fingerprint density at radius 2 is 1.45 bits per heavy atom. The fourth-order valence-corrected chi connectivity index (χ4v) is 5.16. The van der Waals surface area contributed by atoms with Crippen LogP contribution in [-0.4, -0.2) is 36.2 Å². The minimum atomic E-state index is -0.798. The maximum atomic E-state index is 13.5. The summed E-state index contributed by atoms with van der Waals surface area (Å²) >= 11 is 6.05. The van der Waals surface area contributed by atoms with Crippen LogP contribution in [0.25, 0.3) is 0 Å². The molecule has 10 heteroatoms. The molecule has 8 nitrogen and oxygen atoms in total. The van der Waals surface area contributed by atoms with Crippen LogP contribution in [0.1, 0.15) is 77.8 Å². The fourth-order valence-electron chi connectivity index (χ4n) is 4.98. The van der Waals surface area contributed by atoms with Gasteiger partial charge in [-0.1, -0.05) is 56.3 Å². The molecule has 4 aromatic rings. The summed E-state index contributed by atoms with van der Waals surface area (Å²) in [6, 6.07) is 22.8. The Balaban J connectivity index is 1.25. The lowest BCUT2D eigenvalue weighted by Gasteiger charge is -2.17. The molecule has 0 saturated carbocycles. The lowest BCUT2D eigenvalue weighted by molar-refractivity contribution is -0.119. The fraction of sp³-hybridized carbons (Fsp3) is 0.282. The molecule has 49 heavy (non-hydrogen) atoms. The van der Waals surface area contributed by atoms with Crippen molar-refractivity contribution in [1.29, 1.82) is 0 Å². The average Bonchev–Trinajstić information content (AvgIpc) is 3.09. The number of unbranched alkanes of at least 4 members (excludes halogenated alkanes) is 4. The molecule has 2 N–H and O–H groups in total. The van der Waals surface area contributed by atoms with Gasteiger partial charge in [-0.2, -0.15) is 0 Å². The van der Waals surface area contributed by atoms with E-state index in [0.29, 0.717) is 40.5 Å². The second-order valence-corrected chi connectivity index (χ2v) is 12.1. The lowest BCUT2D eigenvalue weighted by Crippen LogP contribution is -2.41. The minimum absolute atomic E-state index is 0.119. The summed E-state index contributed by atoms with van der Waals surface area (Å²) in [5, 5.41) is 5.74. The first-order chi connectivity index (χ1) is 23.6. The second kappa shape index (κ2) is 18.5. The zero-order valence-electron chi connectivity index (χ0n) is 27.6. The van der Waals surface area contributed by atoms with Gasteiger partial charge in [0.1, 0.15) is 17.3 Å². The molecule has 0 spiro atoms. The molecule has 1 atom stereocenters. The number of nitrogens with one attached hydrogen (secondary N) is 2. The highest BCUT2D eigenvalue weighted by Gasteiger charge is 2.19. The highest BCUT2D eigenvalue weighted by molar-refractivity contribution is 6.31. The average molecular weight is 687 g/mol. The third-order valence-electron chi connectivity index (χ3n) is 7.77. The van der Waals surface area contributed by atoms with Crippen molar-refractivity contribution in [3.63, 3.8) is 0 Å². The number of amides is 2. The number of esters is 1. The minimum Gasteiger partial charge on any atom is -0.494 e. The van der Waals surface area contributed by atoms with Gasteiger partial charge in [-0.15, -0.1) is 0 Å². The van der Waals surface area contributed by atoms with E-state index in [2.05, 4.69) is 17.6 Å². The Morgan fingerprint density at radius 1 is 0.796 bits per heavy atom. The first-order valence-corrected chi connectivity index (χ1v) is 16.7. The monoisotopic (exact) mass is 686 g/mol. The number of ether oxygens (including phenoxy) is 2. The highest BCUT2D eigenvalue weighted by Crippen LogP contribution is 2.20.